The van der Waals surface area contributed by atoms with E-state index in [1.165, 1.54) is 0 Å². The largest absolute Gasteiger partial charge is 0.393 e. The lowest BCUT2D eigenvalue weighted by molar-refractivity contribution is 0.450. The highest BCUT2D eigenvalue weighted by atomic mass is 35.5. The highest BCUT2D eigenvalue weighted by Gasteiger charge is 2.32. The van der Waals surface area contributed by atoms with Crippen molar-refractivity contribution >= 4 is 17.3 Å². The minimum absolute atomic E-state index is 0.0692. The molecule has 0 unspecified atom stereocenters. The molecule has 1 fully saturated rings. The molecule has 0 saturated heterocycles. The molecule has 3 rings (SSSR count). The van der Waals surface area contributed by atoms with Gasteiger partial charge in [-0.2, -0.15) is 0 Å². The van der Waals surface area contributed by atoms with Crippen LogP contribution in [0.2, 0.25) is 5.02 Å². The maximum atomic E-state index is 12.5. The van der Waals surface area contributed by atoms with E-state index in [0.717, 1.165) is 37.1 Å². The summed E-state index contributed by atoms with van der Waals surface area (Å²) in [7, 11) is 0. The van der Waals surface area contributed by atoms with Crippen molar-refractivity contribution in [2.75, 3.05) is 5.73 Å². The Morgan fingerprint density at radius 3 is 2.48 bits per heavy atom. The first-order valence-corrected chi connectivity index (χ1v) is 7.83. The lowest BCUT2D eigenvalue weighted by atomic mass is 10.2. The molecule has 0 atom stereocenters. The van der Waals surface area contributed by atoms with Crippen molar-refractivity contribution < 1.29 is 0 Å². The summed E-state index contributed by atoms with van der Waals surface area (Å²) in [6.07, 6.45) is 3.25. The van der Waals surface area contributed by atoms with Crippen LogP contribution in [0.25, 0.3) is 0 Å². The molecule has 1 aromatic carbocycles. The number of aromatic nitrogens is 2. The number of hydrogen-bond acceptors (Lipinski definition) is 2. The van der Waals surface area contributed by atoms with Gasteiger partial charge in [0.1, 0.15) is 5.69 Å². The molecule has 0 bridgehead atoms. The summed E-state index contributed by atoms with van der Waals surface area (Å²) >= 11 is 5.91. The Morgan fingerprint density at radius 2 is 1.90 bits per heavy atom. The van der Waals surface area contributed by atoms with Gasteiger partial charge in [0.15, 0.2) is 0 Å². The number of nitrogens with two attached hydrogens (primary N) is 1. The zero-order chi connectivity index (χ0) is 15.0. The minimum Gasteiger partial charge on any atom is -0.393 e. The quantitative estimate of drug-likeness (QED) is 0.922. The lowest BCUT2D eigenvalue weighted by Gasteiger charge is -2.14. The highest BCUT2D eigenvalue weighted by molar-refractivity contribution is 6.30. The number of halogens is 1. The minimum atomic E-state index is -0.0692. The van der Waals surface area contributed by atoms with E-state index in [1.807, 2.05) is 24.3 Å². The molecule has 1 saturated carbocycles. The Morgan fingerprint density at radius 1 is 1.24 bits per heavy atom. The van der Waals surface area contributed by atoms with Gasteiger partial charge < -0.3 is 5.73 Å². The first-order chi connectivity index (χ1) is 10.1. The summed E-state index contributed by atoms with van der Waals surface area (Å²) in [5, 5.41) is 0.702. The van der Waals surface area contributed by atoms with Crippen LogP contribution in [0.4, 0.5) is 5.69 Å². The fourth-order valence-corrected chi connectivity index (χ4v) is 2.91. The number of rotatable bonds is 5. The summed E-state index contributed by atoms with van der Waals surface area (Å²) in [4.78, 5) is 12.5. The van der Waals surface area contributed by atoms with Gasteiger partial charge in [0, 0.05) is 17.5 Å². The molecular formula is C16H20ClN3O. The smallest absolute Gasteiger partial charge is 0.290 e. The van der Waals surface area contributed by atoms with E-state index < -0.39 is 0 Å². The maximum Gasteiger partial charge on any atom is 0.290 e. The van der Waals surface area contributed by atoms with Gasteiger partial charge in [0.25, 0.3) is 5.56 Å². The van der Waals surface area contributed by atoms with Gasteiger partial charge in [-0.05, 0) is 37.0 Å². The predicted octanol–water partition coefficient (Wildman–Crippen LogP) is 3.22. The summed E-state index contributed by atoms with van der Waals surface area (Å²) in [6.45, 7) is 3.47. The van der Waals surface area contributed by atoms with E-state index in [4.69, 9.17) is 17.3 Å². The van der Waals surface area contributed by atoms with Gasteiger partial charge in [-0.15, -0.1) is 0 Å². The molecular weight excluding hydrogens is 286 g/mol. The molecule has 0 radical (unpaired) electrons. The SMILES string of the molecule is CCCn1c(C2CC2)c(N)c(=O)n1Cc1ccc(Cl)cc1. The zero-order valence-electron chi connectivity index (χ0n) is 12.2. The van der Waals surface area contributed by atoms with Gasteiger partial charge in [-0.3, -0.25) is 9.48 Å². The molecule has 0 aliphatic heterocycles. The third-order valence-corrected chi connectivity index (χ3v) is 4.21. The molecule has 112 valence electrons. The van der Waals surface area contributed by atoms with Crippen LogP contribution >= 0.6 is 11.6 Å². The van der Waals surface area contributed by atoms with Crippen LogP contribution in [0.1, 0.15) is 43.4 Å². The van der Waals surface area contributed by atoms with Crippen LogP contribution in [0.3, 0.4) is 0 Å². The van der Waals surface area contributed by atoms with Gasteiger partial charge in [0.2, 0.25) is 0 Å². The van der Waals surface area contributed by atoms with Crippen molar-refractivity contribution in [3.63, 3.8) is 0 Å². The predicted molar refractivity (Wildman–Crippen MR) is 85.9 cm³/mol. The molecule has 1 aliphatic rings. The van der Waals surface area contributed by atoms with Crippen molar-refractivity contribution in [2.45, 2.75) is 45.2 Å². The van der Waals surface area contributed by atoms with Crippen molar-refractivity contribution in [2.24, 2.45) is 0 Å². The number of benzene rings is 1. The number of anilines is 1. The highest BCUT2D eigenvalue weighted by Crippen LogP contribution is 2.42. The van der Waals surface area contributed by atoms with Crippen LogP contribution in [0, 0.1) is 0 Å². The molecule has 2 aromatic rings. The van der Waals surface area contributed by atoms with Crippen molar-refractivity contribution in [1.82, 2.24) is 9.36 Å². The molecule has 5 heteroatoms. The van der Waals surface area contributed by atoms with Crippen LogP contribution < -0.4 is 11.3 Å². The normalized spacial score (nSPS) is 14.6. The fourth-order valence-electron chi connectivity index (χ4n) is 2.79. The average Bonchev–Trinajstić information content (AvgIpc) is 3.27. The van der Waals surface area contributed by atoms with E-state index in [2.05, 4.69) is 11.6 Å². The van der Waals surface area contributed by atoms with Crippen LogP contribution in [-0.2, 0) is 13.1 Å². The number of nitrogens with zero attached hydrogens (tertiary/aromatic N) is 2. The third-order valence-electron chi connectivity index (χ3n) is 3.96. The molecule has 0 amide bonds. The Balaban J connectivity index is 2.02. The molecule has 4 nitrogen and oxygen atoms in total. The monoisotopic (exact) mass is 305 g/mol. The molecule has 1 aromatic heterocycles. The van der Waals surface area contributed by atoms with Crippen LogP contribution in [-0.4, -0.2) is 9.36 Å². The summed E-state index contributed by atoms with van der Waals surface area (Å²) in [5.74, 6) is 0.468. The second-order valence-electron chi connectivity index (χ2n) is 5.69. The van der Waals surface area contributed by atoms with Crippen LogP contribution in [0.15, 0.2) is 29.1 Å². The second-order valence-corrected chi connectivity index (χ2v) is 6.12. The summed E-state index contributed by atoms with van der Waals surface area (Å²) < 4.78 is 3.86. The first-order valence-electron chi connectivity index (χ1n) is 7.45. The first kappa shape index (κ1) is 14.3. The van der Waals surface area contributed by atoms with Crippen molar-refractivity contribution in [3.8, 4) is 0 Å². The number of nitrogen functional groups attached to an aromatic ring is 1. The Hall–Kier alpha value is -1.68. The van der Waals surface area contributed by atoms with E-state index in [-0.39, 0.29) is 5.56 Å². The Bertz CT molecular complexity index is 696. The van der Waals surface area contributed by atoms with E-state index >= 15 is 0 Å². The standard InChI is InChI=1S/C16H20ClN3O/c1-2-9-19-15(12-5-6-12)14(18)16(21)20(19)10-11-3-7-13(17)8-4-11/h3-4,7-8,12H,2,5-6,9-10,18H2,1H3. The van der Waals surface area contributed by atoms with Gasteiger partial charge in [0.05, 0.1) is 12.2 Å². The summed E-state index contributed by atoms with van der Waals surface area (Å²) in [6, 6.07) is 7.59. The van der Waals surface area contributed by atoms with Crippen molar-refractivity contribution in [3.05, 3.63) is 50.9 Å². The molecule has 21 heavy (non-hydrogen) atoms. The summed E-state index contributed by atoms with van der Waals surface area (Å²) in [5.41, 5.74) is 8.53. The third kappa shape index (κ3) is 2.72. The maximum absolute atomic E-state index is 12.5. The van der Waals surface area contributed by atoms with E-state index in [1.54, 1.807) is 4.68 Å². The second kappa shape index (κ2) is 5.60. The molecule has 0 spiro atoms. The van der Waals surface area contributed by atoms with Gasteiger partial charge in [-0.25, -0.2) is 4.68 Å². The Labute approximate surface area is 129 Å². The van der Waals surface area contributed by atoms with Gasteiger partial charge >= 0.3 is 0 Å². The lowest BCUT2D eigenvalue weighted by Crippen LogP contribution is -2.25. The average molecular weight is 306 g/mol. The van der Waals surface area contributed by atoms with Gasteiger partial charge in [-0.1, -0.05) is 30.7 Å². The van der Waals surface area contributed by atoms with E-state index in [9.17, 15) is 4.79 Å². The Kier molecular flexibility index (Phi) is 3.81. The fraction of sp³-hybridized carbons (Fsp3) is 0.438. The van der Waals surface area contributed by atoms with Crippen molar-refractivity contribution in [1.29, 1.82) is 0 Å². The molecule has 1 aliphatic carbocycles. The molecule has 1 heterocycles. The topological polar surface area (TPSA) is 52.9 Å². The van der Waals surface area contributed by atoms with E-state index in [0.29, 0.717) is 23.2 Å². The van der Waals surface area contributed by atoms with Crippen LogP contribution in [0.5, 0.6) is 0 Å². The molecule has 2 N–H and O–H groups in total. The number of hydrogen-bond donors (Lipinski definition) is 1. The zero-order valence-corrected chi connectivity index (χ0v) is 12.9.